The number of sulfonamides is 1. The Hall–Kier alpha value is -3.96. The molecule has 1 aliphatic heterocycles. The van der Waals surface area contributed by atoms with E-state index in [1.807, 2.05) is 6.07 Å². The summed E-state index contributed by atoms with van der Waals surface area (Å²) in [5.74, 6) is -0.214. The quantitative estimate of drug-likeness (QED) is 0.407. The summed E-state index contributed by atoms with van der Waals surface area (Å²) in [6, 6.07) is 18.6. The fraction of sp³-hybridized carbons (Fsp3) is 0.259. The van der Waals surface area contributed by atoms with E-state index in [2.05, 4.69) is 9.71 Å². The van der Waals surface area contributed by atoms with Crippen LogP contribution in [-0.4, -0.2) is 37.8 Å². The van der Waals surface area contributed by atoms with Gasteiger partial charge in [-0.05, 0) is 55.2 Å². The topological polar surface area (TPSA) is 140 Å². The summed E-state index contributed by atoms with van der Waals surface area (Å²) in [5.41, 5.74) is 6.07. The summed E-state index contributed by atoms with van der Waals surface area (Å²) in [5, 5.41) is 11.2. The van der Waals surface area contributed by atoms with Gasteiger partial charge in [-0.15, -0.1) is 4.40 Å². The second kappa shape index (κ2) is 10.8. The van der Waals surface area contributed by atoms with Crippen molar-refractivity contribution in [2.75, 3.05) is 6.61 Å². The van der Waals surface area contributed by atoms with Crippen LogP contribution in [-0.2, 0) is 14.8 Å². The molecule has 0 aromatic heterocycles. The van der Waals surface area contributed by atoms with Crippen LogP contribution < -0.4 is 15.8 Å². The number of aliphatic hydroxyl groups excluding tert-OH is 1. The molecule has 0 saturated carbocycles. The second-order valence-corrected chi connectivity index (χ2v) is 11.0. The molecule has 0 aliphatic carbocycles. The van der Waals surface area contributed by atoms with Gasteiger partial charge in [-0.3, -0.25) is 0 Å². The average Bonchev–Trinajstić information content (AvgIpc) is 2.83. The van der Waals surface area contributed by atoms with Gasteiger partial charge in [0.25, 0.3) is 10.0 Å². The zero-order valence-electron chi connectivity index (χ0n) is 20.8. The van der Waals surface area contributed by atoms with Crippen LogP contribution in [0.1, 0.15) is 42.7 Å². The van der Waals surface area contributed by atoms with E-state index in [4.69, 9.17) is 15.2 Å². The summed E-state index contributed by atoms with van der Waals surface area (Å²) < 4.78 is 55.9. The molecular weight excluding hydrogens is 513 g/mol. The first kappa shape index (κ1) is 27.1. The molecule has 3 aromatic carbocycles. The number of hydrogen-bond donors (Lipinski definition) is 3. The standard InChI is InChI=1S/C27H28FN3O6S/c1-27(2)24(18-12-10-17(11-13-18)19-6-5-7-20(16-19)36-25(29)33)38(34,35)31-26(37-27)30-23(14-15-32)21-8-3-4-9-22(21)28/h3-13,16,23-24,32H,14-15H2,1-2H3,(H2,29,33)(H,30,31)/t23-,24+/m0/s1. The molecule has 1 heterocycles. The average molecular weight is 542 g/mol. The van der Waals surface area contributed by atoms with Crippen LogP contribution in [0.25, 0.3) is 11.1 Å². The van der Waals surface area contributed by atoms with Gasteiger partial charge in [-0.2, -0.15) is 0 Å². The van der Waals surface area contributed by atoms with Gasteiger partial charge in [0, 0.05) is 12.2 Å². The molecule has 2 atom stereocenters. The molecule has 0 spiro atoms. The molecule has 0 fully saturated rings. The van der Waals surface area contributed by atoms with Crippen molar-refractivity contribution in [1.29, 1.82) is 0 Å². The minimum absolute atomic E-state index is 0.111. The van der Waals surface area contributed by atoms with Crippen LogP contribution in [0.15, 0.2) is 77.2 Å². The summed E-state index contributed by atoms with van der Waals surface area (Å²) >= 11 is 0. The number of amidine groups is 1. The fourth-order valence-corrected chi connectivity index (χ4v) is 6.22. The molecule has 38 heavy (non-hydrogen) atoms. The van der Waals surface area contributed by atoms with Crippen molar-refractivity contribution in [2.45, 2.75) is 37.2 Å². The largest absolute Gasteiger partial charge is 0.457 e. The SMILES string of the molecule is CC1(C)OC(N[C@@H](CCO)c2ccccc2F)=NS(=O)(=O)[C@@H]1c1ccc(-c2cccc(OC(N)=O)c2)cc1. The van der Waals surface area contributed by atoms with Crippen molar-refractivity contribution < 1.29 is 32.2 Å². The number of primary amides is 1. The maximum Gasteiger partial charge on any atom is 0.409 e. The van der Waals surface area contributed by atoms with Crippen LogP contribution in [0.3, 0.4) is 0 Å². The first-order chi connectivity index (χ1) is 18.0. The highest BCUT2D eigenvalue weighted by Gasteiger charge is 2.47. The number of carbonyl (C=O) groups is 1. The van der Waals surface area contributed by atoms with Gasteiger partial charge in [0.2, 0.25) is 0 Å². The van der Waals surface area contributed by atoms with Gasteiger partial charge >= 0.3 is 12.1 Å². The first-order valence-electron chi connectivity index (χ1n) is 11.8. The Bertz CT molecular complexity index is 1460. The van der Waals surface area contributed by atoms with Crippen molar-refractivity contribution in [3.8, 4) is 16.9 Å². The highest BCUT2D eigenvalue weighted by molar-refractivity contribution is 7.90. The highest BCUT2D eigenvalue weighted by Crippen LogP contribution is 2.41. The van der Waals surface area contributed by atoms with Crippen molar-refractivity contribution in [3.05, 3.63) is 89.7 Å². The lowest BCUT2D eigenvalue weighted by Gasteiger charge is -2.38. The molecule has 1 amide bonds. The van der Waals surface area contributed by atoms with E-state index < -0.39 is 38.8 Å². The minimum Gasteiger partial charge on any atom is -0.457 e. The Labute approximate surface area is 220 Å². The molecule has 0 saturated heterocycles. The van der Waals surface area contributed by atoms with Crippen molar-refractivity contribution >= 4 is 22.1 Å². The van der Waals surface area contributed by atoms with Gasteiger partial charge in [0.05, 0.1) is 6.04 Å². The van der Waals surface area contributed by atoms with Crippen LogP contribution in [0.4, 0.5) is 9.18 Å². The first-order valence-corrected chi connectivity index (χ1v) is 13.3. The molecule has 4 rings (SSSR count). The third-order valence-electron chi connectivity index (χ3n) is 6.09. The molecule has 3 aromatic rings. The Balaban J connectivity index is 1.61. The van der Waals surface area contributed by atoms with E-state index in [1.54, 1.807) is 74.5 Å². The predicted octanol–water partition coefficient (Wildman–Crippen LogP) is 4.20. The Morgan fingerprint density at radius 3 is 2.47 bits per heavy atom. The molecule has 0 unspecified atom stereocenters. The lowest BCUT2D eigenvalue weighted by molar-refractivity contribution is 0.0759. The number of nitrogens with zero attached hydrogens (tertiary/aromatic N) is 1. The van der Waals surface area contributed by atoms with Crippen molar-refractivity contribution in [1.82, 2.24) is 5.32 Å². The zero-order valence-corrected chi connectivity index (χ0v) is 21.6. The molecule has 11 heteroatoms. The second-order valence-electron chi connectivity index (χ2n) is 9.30. The number of aliphatic hydroxyl groups is 1. The molecule has 4 N–H and O–H groups in total. The summed E-state index contributed by atoms with van der Waals surface area (Å²) in [4.78, 5) is 11.0. The maximum absolute atomic E-state index is 14.4. The molecule has 1 aliphatic rings. The van der Waals surface area contributed by atoms with E-state index in [-0.39, 0.29) is 30.4 Å². The van der Waals surface area contributed by atoms with Crippen LogP contribution in [0.5, 0.6) is 5.75 Å². The van der Waals surface area contributed by atoms with Gasteiger partial charge in [-0.25, -0.2) is 17.6 Å². The fourth-order valence-electron chi connectivity index (χ4n) is 4.52. The number of benzene rings is 3. The summed E-state index contributed by atoms with van der Waals surface area (Å²) in [6.07, 6.45) is -0.811. The normalized spacial score (nSPS) is 18.5. The molecule has 200 valence electrons. The zero-order chi connectivity index (χ0) is 27.5. The van der Waals surface area contributed by atoms with Gasteiger partial charge in [0.1, 0.15) is 22.4 Å². The Morgan fingerprint density at radius 1 is 1.13 bits per heavy atom. The minimum atomic E-state index is -4.11. The molecular formula is C27H28FN3O6S. The smallest absolute Gasteiger partial charge is 0.409 e. The third kappa shape index (κ3) is 5.95. The maximum atomic E-state index is 14.4. The number of ether oxygens (including phenoxy) is 2. The van der Waals surface area contributed by atoms with Crippen LogP contribution in [0.2, 0.25) is 0 Å². The number of hydrogen-bond acceptors (Lipinski definition) is 7. The molecule has 0 bridgehead atoms. The number of rotatable bonds is 7. The van der Waals surface area contributed by atoms with Crippen LogP contribution in [0, 0.1) is 5.82 Å². The van der Waals surface area contributed by atoms with Gasteiger partial charge in [0.15, 0.2) is 0 Å². The van der Waals surface area contributed by atoms with Gasteiger partial charge in [-0.1, -0.05) is 54.6 Å². The number of nitrogens with two attached hydrogens (primary N) is 1. The number of nitrogens with one attached hydrogen (secondary N) is 1. The lowest BCUT2D eigenvalue weighted by Crippen LogP contribution is -2.47. The highest BCUT2D eigenvalue weighted by atomic mass is 32.2. The number of halogens is 1. The van der Waals surface area contributed by atoms with Crippen molar-refractivity contribution in [2.24, 2.45) is 10.1 Å². The summed E-state index contributed by atoms with van der Waals surface area (Å²) in [6.45, 7) is 3.00. The third-order valence-corrected chi connectivity index (χ3v) is 7.95. The Kier molecular flexibility index (Phi) is 7.70. The number of amides is 1. The lowest BCUT2D eigenvalue weighted by atomic mass is 9.95. The Morgan fingerprint density at radius 2 is 1.84 bits per heavy atom. The monoisotopic (exact) mass is 541 g/mol. The molecule has 9 nitrogen and oxygen atoms in total. The van der Waals surface area contributed by atoms with Gasteiger partial charge < -0.3 is 25.6 Å². The van der Waals surface area contributed by atoms with E-state index in [1.165, 1.54) is 6.07 Å². The molecule has 0 radical (unpaired) electrons. The number of carbonyl (C=O) groups excluding carboxylic acids is 1. The van der Waals surface area contributed by atoms with E-state index in [0.29, 0.717) is 5.56 Å². The predicted molar refractivity (Wildman–Crippen MR) is 140 cm³/mol. The van der Waals surface area contributed by atoms with E-state index >= 15 is 0 Å². The summed E-state index contributed by atoms with van der Waals surface area (Å²) in [7, 11) is -4.11. The van der Waals surface area contributed by atoms with E-state index in [0.717, 1.165) is 11.1 Å². The van der Waals surface area contributed by atoms with Crippen molar-refractivity contribution in [3.63, 3.8) is 0 Å². The van der Waals surface area contributed by atoms with Crippen LogP contribution >= 0.6 is 0 Å². The van der Waals surface area contributed by atoms with E-state index in [9.17, 15) is 22.7 Å².